The standard InChI is InChI=1S/C22H28N6O2/c1-14(2)12-28(13-15(3)4)19-10-9-16(11-20(19)30-22(23)29)17-7-5-6-8-18(17)21-24-26-27-25-21/h5-11,14-15H,12-13H2,1-4H3,(H2,23,29)(H,24,25,26,27). The average molecular weight is 409 g/mol. The van der Waals surface area contributed by atoms with E-state index >= 15 is 0 Å². The first kappa shape index (κ1) is 21.3. The van der Waals surface area contributed by atoms with Crippen LogP contribution in [0, 0.1) is 11.8 Å². The molecule has 0 aliphatic rings. The zero-order valence-electron chi connectivity index (χ0n) is 17.8. The van der Waals surface area contributed by atoms with Gasteiger partial charge in [0.25, 0.3) is 0 Å². The van der Waals surface area contributed by atoms with Crippen LogP contribution in [0.2, 0.25) is 0 Å². The number of benzene rings is 2. The number of hydrogen-bond donors (Lipinski definition) is 2. The summed E-state index contributed by atoms with van der Waals surface area (Å²) in [4.78, 5) is 13.9. The van der Waals surface area contributed by atoms with Gasteiger partial charge in [0.1, 0.15) is 0 Å². The van der Waals surface area contributed by atoms with Crippen LogP contribution in [0.5, 0.6) is 5.75 Å². The summed E-state index contributed by atoms with van der Waals surface area (Å²) in [5.41, 5.74) is 8.82. The lowest BCUT2D eigenvalue weighted by atomic mass is 9.98. The Bertz CT molecular complexity index is 975. The van der Waals surface area contributed by atoms with Crippen LogP contribution >= 0.6 is 0 Å². The van der Waals surface area contributed by atoms with E-state index in [0.29, 0.717) is 23.4 Å². The minimum atomic E-state index is -0.839. The second-order valence-corrected chi connectivity index (χ2v) is 8.08. The normalized spacial score (nSPS) is 11.1. The Balaban J connectivity index is 2.09. The Morgan fingerprint density at radius 1 is 1.07 bits per heavy atom. The van der Waals surface area contributed by atoms with Gasteiger partial charge >= 0.3 is 6.09 Å². The highest BCUT2D eigenvalue weighted by Crippen LogP contribution is 2.37. The molecule has 3 N–H and O–H groups in total. The number of aromatic nitrogens is 4. The van der Waals surface area contributed by atoms with Gasteiger partial charge in [-0.05, 0) is 40.3 Å². The van der Waals surface area contributed by atoms with Gasteiger partial charge in [0.2, 0.25) is 5.82 Å². The van der Waals surface area contributed by atoms with Crippen molar-refractivity contribution in [3.05, 3.63) is 42.5 Å². The van der Waals surface area contributed by atoms with E-state index in [9.17, 15) is 4.79 Å². The Morgan fingerprint density at radius 2 is 1.73 bits per heavy atom. The maximum absolute atomic E-state index is 11.6. The number of nitrogens with one attached hydrogen (secondary N) is 1. The molecule has 158 valence electrons. The molecule has 0 fully saturated rings. The summed E-state index contributed by atoms with van der Waals surface area (Å²) in [6, 6.07) is 13.6. The molecule has 1 aromatic heterocycles. The summed E-state index contributed by atoms with van der Waals surface area (Å²) < 4.78 is 5.43. The zero-order valence-corrected chi connectivity index (χ0v) is 17.8. The lowest BCUT2D eigenvalue weighted by Gasteiger charge is -2.30. The number of carbonyl (C=O) groups excluding carboxylic acids is 1. The molecule has 3 aromatic rings. The molecule has 2 aromatic carbocycles. The van der Waals surface area contributed by atoms with E-state index in [-0.39, 0.29) is 0 Å². The summed E-state index contributed by atoms with van der Waals surface area (Å²) in [6.07, 6.45) is -0.839. The Hall–Kier alpha value is -3.42. The van der Waals surface area contributed by atoms with Gasteiger partial charge in [-0.2, -0.15) is 5.21 Å². The summed E-state index contributed by atoms with van der Waals surface area (Å²) in [6.45, 7) is 10.3. The van der Waals surface area contributed by atoms with Crippen molar-refractivity contribution in [2.45, 2.75) is 27.7 Å². The highest BCUT2D eigenvalue weighted by Gasteiger charge is 2.19. The van der Waals surface area contributed by atoms with Gasteiger partial charge in [-0.15, -0.1) is 10.2 Å². The number of hydrogen-bond acceptors (Lipinski definition) is 6. The number of carbonyl (C=O) groups is 1. The molecule has 0 spiro atoms. The predicted molar refractivity (Wildman–Crippen MR) is 117 cm³/mol. The number of anilines is 1. The summed E-state index contributed by atoms with van der Waals surface area (Å²) in [5.74, 6) is 1.82. The maximum atomic E-state index is 11.6. The van der Waals surface area contributed by atoms with Crippen LogP contribution in [0.1, 0.15) is 27.7 Å². The van der Waals surface area contributed by atoms with E-state index in [2.05, 4.69) is 53.2 Å². The third kappa shape index (κ3) is 5.14. The van der Waals surface area contributed by atoms with Gasteiger partial charge in [0.15, 0.2) is 5.75 Å². The molecule has 0 radical (unpaired) electrons. The fourth-order valence-corrected chi connectivity index (χ4v) is 3.49. The van der Waals surface area contributed by atoms with Crippen molar-refractivity contribution in [1.29, 1.82) is 0 Å². The second kappa shape index (κ2) is 9.39. The minimum Gasteiger partial charge on any atom is -0.408 e. The molecule has 1 amide bonds. The van der Waals surface area contributed by atoms with Crippen molar-refractivity contribution in [2.75, 3.05) is 18.0 Å². The van der Waals surface area contributed by atoms with E-state index in [1.807, 2.05) is 42.5 Å². The molecule has 3 rings (SSSR count). The van der Waals surface area contributed by atoms with Crippen LogP contribution < -0.4 is 15.4 Å². The Kier molecular flexibility index (Phi) is 6.66. The summed E-state index contributed by atoms with van der Waals surface area (Å²) in [7, 11) is 0. The third-order valence-corrected chi connectivity index (χ3v) is 4.51. The minimum absolute atomic E-state index is 0.434. The second-order valence-electron chi connectivity index (χ2n) is 8.08. The molecule has 8 heteroatoms. The number of nitrogens with zero attached hydrogens (tertiary/aromatic N) is 4. The molecule has 8 nitrogen and oxygen atoms in total. The highest BCUT2D eigenvalue weighted by atomic mass is 16.5. The van der Waals surface area contributed by atoms with Crippen molar-refractivity contribution in [3.8, 4) is 28.3 Å². The average Bonchev–Trinajstić information content (AvgIpc) is 3.21. The van der Waals surface area contributed by atoms with Crippen LogP contribution in [-0.4, -0.2) is 39.8 Å². The number of amides is 1. The number of tetrazole rings is 1. The molecular weight excluding hydrogens is 380 g/mol. The first-order chi connectivity index (χ1) is 14.3. The molecule has 30 heavy (non-hydrogen) atoms. The Labute approximate surface area is 176 Å². The molecular formula is C22H28N6O2. The zero-order chi connectivity index (χ0) is 21.7. The van der Waals surface area contributed by atoms with Gasteiger partial charge in [-0.3, -0.25) is 0 Å². The Morgan fingerprint density at radius 3 is 2.30 bits per heavy atom. The molecule has 0 saturated heterocycles. The first-order valence-electron chi connectivity index (χ1n) is 10.0. The molecule has 0 aliphatic heterocycles. The van der Waals surface area contributed by atoms with Gasteiger partial charge in [-0.1, -0.05) is 58.0 Å². The largest absolute Gasteiger partial charge is 0.410 e. The van der Waals surface area contributed by atoms with Crippen LogP contribution in [0.25, 0.3) is 22.5 Å². The smallest absolute Gasteiger partial charge is 0.408 e. The van der Waals surface area contributed by atoms with E-state index < -0.39 is 6.09 Å². The van der Waals surface area contributed by atoms with Gasteiger partial charge in [0.05, 0.1) is 5.69 Å². The number of ether oxygens (including phenoxy) is 1. The van der Waals surface area contributed by atoms with Gasteiger partial charge < -0.3 is 15.4 Å². The summed E-state index contributed by atoms with van der Waals surface area (Å²) in [5, 5.41) is 14.3. The number of H-pyrrole nitrogens is 1. The SMILES string of the molecule is CC(C)CN(CC(C)C)c1ccc(-c2ccccc2-c2nn[nH]n2)cc1OC(N)=O. The van der Waals surface area contributed by atoms with Crippen LogP contribution in [0.4, 0.5) is 10.5 Å². The topological polar surface area (TPSA) is 110 Å². The first-order valence-corrected chi connectivity index (χ1v) is 10.0. The van der Waals surface area contributed by atoms with Crippen LogP contribution in [-0.2, 0) is 0 Å². The maximum Gasteiger partial charge on any atom is 0.410 e. The quantitative estimate of drug-likeness (QED) is 0.580. The molecule has 1 heterocycles. The van der Waals surface area contributed by atoms with Gasteiger partial charge in [-0.25, -0.2) is 4.79 Å². The number of aromatic amines is 1. The predicted octanol–water partition coefficient (Wildman–Crippen LogP) is 4.11. The fourth-order valence-electron chi connectivity index (χ4n) is 3.49. The van der Waals surface area contributed by atoms with E-state index in [1.54, 1.807) is 0 Å². The van der Waals surface area contributed by atoms with Crippen molar-refractivity contribution in [1.82, 2.24) is 20.6 Å². The molecule has 0 atom stereocenters. The molecule has 0 aliphatic carbocycles. The van der Waals surface area contributed by atoms with E-state index in [4.69, 9.17) is 10.5 Å². The van der Waals surface area contributed by atoms with E-state index in [0.717, 1.165) is 35.5 Å². The van der Waals surface area contributed by atoms with Crippen LogP contribution in [0.15, 0.2) is 42.5 Å². The van der Waals surface area contributed by atoms with Crippen molar-refractivity contribution >= 4 is 11.8 Å². The monoisotopic (exact) mass is 408 g/mol. The molecule has 0 unspecified atom stereocenters. The lowest BCUT2D eigenvalue weighted by Crippen LogP contribution is -2.32. The molecule has 0 bridgehead atoms. The number of nitrogens with two attached hydrogens (primary N) is 1. The highest BCUT2D eigenvalue weighted by molar-refractivity contribution is 5.83. The fraction of sp³-hybridized carbons (Fsp3) is 0.364. The van der Waals surface area contributed by atoms with E-state index in [1.165, 1.54) is 0 Å². The number of primary amides is 1. The van der Waals surface area contributed by atoms with Crippen molar-refractivity contribution < 1.29 is 9.53 Å². The molecule has 0 saturated carbocycles. The third-order valence-electron chi connectivity index (χ3n) is 4.51. The van der Waals surface area contributed by atoms with Crippen molar-refractivity contribution in [3.63, 3.8) is 0 Å². The summed E-state index contributed by atoms with van der Waals surface area (Å²) >= 11 is 0. The van der Waals surface area contributed by atoms with Gasteiger partial charge in [0, 0.05) is 18.7 Å². The van der Waals surface area contributed by atoms with Crippen molar-refractivity contribution in [2.24, 2.45) is 17.6 Å². The van der Waals surface area contributed by atoms with Crippen LogP contribution in [0.3, 0.4) is 0 Å². The number of rotatable bonds is 8. The lowest BCUT2D eigenvalue weighted by molar-refractivity contribution is 0.211.